The first-order valence-electron chi connectivity index (χ1n) is 5.81. The molecule has 0 radical (unpaired) electrons. The lowest BCUT2D eigenvalue weighted by Crippen LogP contribution is -2.34. The molecular formula is C13H15NO5. The van der Waals surface area contributed by atoms with E-state index >= 15 is 0 Å². The Balaban J connectivity index is 2.06. The minimum atomic E-state index is -0.826. The summed E-state index contributed by atoms with van der Waals surface area (Å²) in [5.41, 5.74) is 0.322. The molecule has 1 aliphatic heterocycles. The van der Waals surface area contributed by atoms with Crippen molar-refractivity contribution in [2.24, 2.45) is 0 Å². The Morgan fingerprint density at radius 3 is 2.63 bits per heavy atom. The molecule has 1 aliphatic rings. The van der Waals surface area contributed by atoms with E-state index in [1.54, 1.807) is 26.2 Å². The molecule has 1 aromatic rings. The third-order valence-electron chi connectivity index (χ3n) is 2.68. The van der Waals surface area contributed by atoms with E-state index in [9.17, 15) is 9.59 Å². The van der Waals surface area contributed by atoms with Crippen LogP contribution in [0.2, 0.25) is 0 Å². The normalized spacial score (nSPS) is 13.8. The number of ether oxygens (including phenoxy) is 3. The zero-order valence-corrected chi connectivity index (χ0v) is 11.0. The fourth-order valence-corrected chi connectivity index (χ4v) is 1.67. The maximum Gasteiger partial charge on any atom is 0.339 e. The molecule has 1 aromatic carbocycles. The van der Waals surface area contributed by atoms with Gasteiger partial charge in [0.25, 0.3) is 5.91 Å². The van der Waals surface area contributed by atoms with Gasteiger partial charge in [0.1, 0.15) is 0 Å². The van der Waals surface area contributed by atoms with E-state index < -0.39 is 12.1 Å². The standard InChI is InChI=1S/C13H15NO5/c1-8(12(15)14(2)3)19-13(16)9-4-5-10-11(6-9)18-7-17-10/h4-6,8H,7H2,1-3H3/t8-/m1/s1. The highest BCUT2D eigenvalue weighted by molar-refractivity contribution is 5.92. The summed E-state index contributed by atoms with van der Waals surface area (Å²) in [6.45, 7) is 1.68. The minimum Gasteiger partial charge on any atom is -0.454 e. The molecule has 19 heavy (non-hydrogen) atoms. The van der Waals surface area contributed by atoms with Crippen molar-refractivity contribution in [1.29, 1.82) is 0 Å². The highest BCUT2D eigenvalue weighted by Crippen LogP contribution is 2.32. The monoisotopic (exact) mass is 265 g/mol. The summed E-state index contributed by atoms with van der Waals surface area (Å²) in [7, 11) is 3.21. The summed E-state index contributed by atoms with van der Waals surface area (Å²) in [6, 6.07) is 4.75. The zero-order valence-electron chi connectivity index (χ0n) is 11.0. The number of fused-ring (bicyclic) bond motifs is 1. The lowest BCUT2D eigenvalue weighted by molar-refractivity contribution is -0.137. The molecular weight excluding hydrogens is 250 g/mol. The third kappa shape index (κ3) is 2.78. The van der Waals surface area contributed by atoms with Gasteiger partial charge in [-0.25, -0.2) is 4.79 Å². The van der Waals surface area contributed by atoms with Crippen molar-refractivity contribution in [3.8, 4) is 11.5 Å². The van der Waals surface area contributed by atoms with Gasteiger partial charge in [-0.15, -0.1) is 0 Å². The van der Waals surface area contributed by atoms with Crippen LogP contribution < -0.4 is 9.47 Å². The summed E-state index contributed by atoms with van der Waals surface area (Å²) in [5, 5.41) is 0. The Bertz CT molecular complexity index is 512. The topological polar surface area (TPSA) is 65.1 Å². The predicted molar refractivity (Wildman–Crippen MR) is 66.1 cm³/mol. The molecule has 0 spiro atoms. The lowest BCUT2D eigenvalue weighted by Gasteiger charge is -2.17. The van der Waals surface area contributed by atoms with Crippen LogP contribution in [0.5, 0.6) is 11.5 Å². The molecule has 1 heterocycles. The Kier molecular flexibility index (Phi) is 3.59. The van der Waals surface area contributed by atoms with Crippen molar-refractivity contribution < 1.29 is 23.8 Å². The van der Waals surface area contributed by atoms with Crippen LogP contribution in [0, 0.1) is 0 Å². The van der Waals surface area contributed by atoms with Crippen molar-refractivity contribution in [2.45, 2.75) is 13.0 Å². The van der Waals surface area contributed by atoms with Crippen LogP contribution >= 0.6 is 0 Å². The number of benzene rings is 1. The van der Waals surface area contributed by atoms with Crippen LogP contribution in [-0.2, 0) is 9.53 Å². The van der Waals surface area contributed by atoms with Crippen molar-refractivity contribution in [2.75, 3.05) is 20.9 Å². The van der Waals surface area contributed by atoms with E-state index in [0.717, 1.165) is 0 Å². The molecule has 2 rings (SSSR count). The van der Waals surface area contributed by atoms with Gasteiger partial charge in [0.2, 0.25) is 6.79 Å². The predicted octanol–water partition coefficient (Wildman–Crippen LogP) is 1.05. The number of esters is 1. The van der Waals surface area contributed by atoms with Crippen LogP contribution in [0.25, 0.3) is 0 Å². The Labute approximate surface area is 110 Å². The van der Waals surface area contributed by atoms with Crippen LogP contribution in [0.3, 0.4) is 0 Å². The molecule has 0 bridgehead atoms. The van der Waals surface area contributed by atoms with E-state index in [0.29, 0.717) is 17.1 Å². The van der Waals surface area contributed by atoms with E-state index in [1.165, 1.54) is 17.9 Å². The number of hydrogen-bond acceptors (Lipinski definition) is 5. The van der Waals surface area contributed by atoms with Crippen molar-refractivity contribution in [3.05, 3.63) is 23.8 Å². The second-order valence-corrected chi connectivity index (χ2v) is 4.35. The Hall–Kier alpha value is -2.24. The highest BCUT2D eigenvalue weighted by atomic mass is 16.7. The number of nitrogens with zero attached hydrogens (tertiary/aromatic N) is 1. The smallest absolute Gasteiger partial charge is 0.339 e. The average Bonchev–Trinajstić information content (AvgIpc) is 2.84. The molecule has 1 amide bonds. The van der Waals surface area contributed by atoms with E-state index in [-0.39, 0.29) is 12.7 Å². The molecule has 0 unspecified atom stereocenters. The van der Waals surface area contributed by atoms with Gasteiger partial charge in [-0.05, 0) is 25.1 Å². The number of carbonyl (C=O) groups is 2. The van der Waals surface area contributed by atoms with Crippen molar-refractivity contribution in [3.63, 3.8) is 0 Å². The maximum atomic E-state index is 11.9. The largest absolute Gasteiger partial charge is 0.454 e. The summed E-state index contributed by atoms with van der Waals surface area (Å²) in [6.07, 6.45) is -0.826. The lowest BCUT2D eigenvalue weighted by atomic mass is 10.2. The summed E-state index contributed by atoms with van der Waals surface area (Å²) >= 11 is 0. The number of hydrogen-bond donors (Lipinski definition) is 0. The first-order valence-corrected chi connectivity index (χ1v) is 5.81. The maximum absolute atomic E-state index is 11.9. The fraction of sp³-hybridized carbons (Fsp3) is 0.385. The SMILES string of the molecule is C[C@@H](OC(=O)c1ccc2c(c1)OCO2)C(=O)N(C)C. The van der Waals surface area contributed by atoms with Gasteiger partial charge >= 0.3 is 5.97 Å². The number of likely N-dealkylation sites (N-methyl/N-ethyl adjacent to an activating group) is 1. The summed E-state index contributed by atoms with van der Waals surface area (Å²) < 4.78 is 15.4. The van der Waals surface area contributed by atoms with Gasteiger partial charge in [0, 0.05) is 14.1 Å². The zero-order chi connectivity index (χ0) is 14.0. The number of carbonyl (C=O) groups excluding carboxylic acids is 2. The summed E-state index contributed by atoms with van der Waals surface area (Å²) in [5.74, 6) is 0.255. The van der Waals surface area contributed by atoms with E-state index in [2.05, 4.69) is 0 Å². The van der Waals surface area contributed by atoms with Gasteiger partial charge in [-0.2, -0.15) is 0 Å². The molecule has 1 atom stereocenters. The van der Waals surface area contributed by atoms with Gasteiger partial charge in [-0.1, -0.05) is 0 Å². The third-order valence-corrected chi connectivity index (χ3v) is 2.68. The molecule has 0 fully saturated rings. The van der Waals surface area contributed by atoms with Gasteiger partial charge < -0.3 is 19.1 Å². The molecule has 0 aromatic heterocycles. The second kappa shape index (κ2) is 5.17. The number of rotatable bonds is 3. The van der Waals surface area contributed by atoms with Crippen molar-refractivity contribution >= 4 is 11.9 Å². The molecule has 0 saturated heterocycles. The molecule has 102 valence electrons. The quantitative estimate of drug-likeness (QED) is 0.764. The molecule has 0 aliphatic carbocycles. The molecule has 6 nitrogen and oxygen atoms in total. The molecule has 0 N–H and O–H groups in total. The fourth-order valence-electron chi connectivity index (χ4n) is 1.67. The first kappa shape index (κ1) is 13.2. The average molecular weight is 265 g/mol. The Morgan fingerprint density at radius 2 is 1.95 bits per heavy atom. The minimum absolute atomic E-state index is 0.142. The Morgan fingerprint density at radius 1 is 1.26 bits per heavy atom. The van der Waals surface area contributed by atoms with Crippen LogP contribution in [0.1, 0.15) is 17.3 Å². The second-order valence-electron chi connectivity index (χ2n) is 4.35. The summed E-state index contributed by atoms with van der Waals surface area (Å²) in [4.78, 5) is 24.9. The highest BCUT2D eigenvalue weighted by Gasteiger charge is 2.22. The molecule has 6 heteroatoms. The van der Waals surface area contributed by atoms with Gasteiger partial charge in [0.15, 0.2) is 17.6 Å². The van der Waals surface area contributed by atoms with E-state index in [4.69, 9.17) is 14.2 Å². The van der Waals surface area contributed by atoms with E-state index in [1.807, 2.05) is 0 Å². The first-order chi connectivity index (χ1) is 8.99. The van der Waals surface area contributed by atoms with Crippen LogP contribution in [0.15, 0.2) is 18.2 Å². The number of amides is 1. The molecule has 0 saturated carbocycles. The van der Waals surface area contributed by atoms with Gasteiger partial charge in [0.05, 0.1) is 5.56 Å². The van der Waals surface area contributed by atoms with Crippen LogP contribution in [-0.4, -0.2) is 43.8 Å². The van der Waals surface area contributed by atoms with Crippen molar-refractivity contribution in [1.82, 2.24) is 4.90 Å². The van der Waals surface area contributed by atoms with Crippen LogP contribution in [0.4, 0.5) is 0 Å². The van der Waals surface area contributed by atoms with Gasteiger partial charge in [-0.3, -0.25) is 4.79 Å².